The molecule has 0 bridgehead atoms. The van der Waals surface area contributed by atoms with Crippen LogP contribution in [0.1, 0.15) is 0 Å². The lowest BCUT2D eigenvalue weighted by atomic mass is 10.5. The Kier molecular flexibility index (Phi) is 1.72. The van der Waals surface area contributed by atoms with Gasteiger partial charge < -0.3 is 4.90 Å². The van der Waals surface area contributed by atoms with Gasteiger partial charge in [-0.3, -0.25) is 9.58 Å². The summed E-state index contributed by atoms with van der Waals surface area (Å²) < 4.78 is 1.70. The number of aryl methyl sites for hydroxylation is 1. The second kappa shape index (κ2) is 2.76. The predicted octanol–water partition coefficient (Wildman–Crippen LogP) is 0.292. The average Bonchev–Trinajstić information content (AvgIpc) is 2.62. The average molecular weight is 180 g/mol. The zero-order chi connectivity index (χ0) is 9.42. The van der Waals surface area contributed by atoms with Gasteiger partial charge in [0.25, 0.3) is 0 Å². The molecular weight excluding hydrogens is 168 g/mol. The van der Waals surface area contributed by atoms with Gasteiger partial charge in [0, 0.05) is 39.4 Å². The first kappa shape index (κ1) is 8.10. The van der Waals surface area contributed by atoms with E-state index in [0.29, 0.717) is 0 Å². The fraction of sp³-hybridized carbons (Fsp3) is 0.500. The molecule has 5 heteroatoms. The normalized spacial score (nSPS) is 17.2. The molecule has 2 heterocycles. The molecule has 0 aromatic carbocycles. The number of carbonyl (C=O) groups is 1. The van der Waals surface area contributed by atoms with E-state index in [1.165, 1.54) is 0 Å². The number of likely N-dealkylation sites (N-methyl/N-ethyl adjacent to an activating group) is 1. The number of hydrogen-bond acceptors (Lipinski definition) is 2. The Bertz CT molecular complexity index is 333. The summed E-state index contributed by atoms with van der Waals surface area (Å²) in [7, 11) is 3.64. The van der Waals surface area contributed by atoms with Crippen LogP contribution in [0.5, 0.6) is 0 Å². The van der Waals surface area contributed by atoms with Gasteiger partial charge in [0.1, 0.15) is 0 Å². The van der Waals surface area contributed by atoms with Crippen molar-refractivity contribution in [3.63, 3.8) is 0 Å². The molecule has 70 valence electrons. The first-order valence-corrected chi connectivity index (χ1v) is 4.21. The van der Waals surface area contributed by atoms with Gasteiger partial charge in [-0.15, -0.1) is 0 Å². The van der Waals surface area contributed by atoms with E-state index in [9.17, 15) is 4.79 Å². The van der Waals surface area contributed by atoms with E-state index >= 15 is 0 Å². The molecule has 5 nitrogen and oxygen atoms in total. The first-order valence-electron chi connectivity index (χ1n) is 4.21. The molecule has 1 saturated heterocycles. The number of urea groups is 1. The van der Waals surface area contributed by atoms with Gasteiger partial charge in [0.05, 0.1) is 0 Å². The third kappa shape index (κ3) is 1.26. The summed E-state index contributed by atoms with van der Waals surface area (Å²) in [6, 6.07) is 1.87. The monoisotopic (exact) mass is 180 g/mol. The third-order valence-corrected chi connectivity index (χ3v) is 2.19. The lowest BCUT2D eigenvalue weighted by Crippen LogP contribution is -2.29. The van der Waals surface area contributed by atoms with Crippen LogP contribution in [0.3, 0.4) is 0 Å². The largest absolute Gasteiger partial charge is 0.326 e. The molecule has 1 aromatic heterocycles. The molecule has 13 heavy (non-hydrogen) atoms. The molecule has 0 N–H and O–H groups in total. The van der Waals surface area contributed by atoms with Crippen molar-refractivity contribution < 1.29 is 4.79 Å². The standard InChI is InChI=1S/C8H12N4O/c1-10-5-6-12(8(10)13)7-3-4-11(2)9-7/h3-4H,5-6H2,1-2H3. The first-order chi connectivity index (χ1) is 6.18. The summed E-state index contributed by atoms with van der Waals surface area (Å²) in [4.78, 5) is 14.9. The number of nitrogens with zero attached hydrogens (tertiary/aromatic N) is 4. The Morgan fingerprint density at radius 3 is 2.62 bits per heavy atom. The van der Waals surface area contributed by atoms with Crippen LogP contribution >= 0.6 is 0 Å². The molecule has 0 radical (unpaired) electrons. The summed E-state index contributed by atoms with van der Waals surface area (Å²) in [5, 5.41) is 4.17. The Labute approximate surface area is 76.5 Å². The Morgan fingerprint density at radius 1 is 1.38 bits per heavy atom. The number of amides is 2. The molecule has 0 unspecified atom stereocenters. The van der Waals surface area contributed by atoms with Crippen molar-refractivity contribution in [2.75, 3.05) is 25.0 Å². The van der Waals surface area contributed by atoms with E-state index in [1.807, 2.05) is 19.3 Å². The summed E-state index contributed by atoms with van der Waals surface area (Å²) in [6.45, 7) is 1.50. The van der Waals surface area contributed by atoms with Crippen molar-refractivity contribution >= 4 is 11.8 Å². The highest BCUT2D eigenvalue weighted by Gasteiger charge is 2.27. The highest BCUT2D eigenvalue weighted by Crippen LogP contribution is 2.15. The second-order valence-corrected chi connectivity index (χ2v) is 3.20. The summed E-state index contributed by atoms with van der Waals surface area (Å²) in [5.74, 6) is 0.733. The zero-order valence-corrected chi connectivity index (χ0v) is 7.77. The third-order valence-electron chi connectivity index (χ3n) is 2.19. The van der Waals surface area contributed by atoms with Gasteiger partial charge in [-0.05, 0) is 0 Å². The smallest absolute Gasteiger partial charge is 0.325 e. The van der Waals surface area contributed by atoms with Gasteiger partial charge in [-0.2, -0.15) is 5.10 Å². The Hall–Kier alpha value is -1.52. The van der Waals surface area contributed by atoms with Gasteiger partial charge in [-0.1, -0.05) is 0 Å². The van der Waals surface area contributed by atoms with Crippen LogP contribution in [-0.2, 0) is 7.05 Å². The quantitative estimate of drug-likeness (QED) is 0.623. The van der Waals surface area contributed by atoms with Crippen LogP contribution in [0, 0.1) is 0 Å². The fourth-order valence-corrected chi connectivity index (χ4v) is 1.41. The van der Waals surface area contributed by atoms with Crippen molar-refractivity contribution in [1.82, 2.24) is 14.7 Å². The van der Waals surface area contributed by atoms with E-state index in [0.717, 1.165) is 18.9 Å². The second-order valence-electron chi connectivity index (χ2n) is 3.20. The van der Waals surface area contributed by atoms with Crippen molar-refractivity contribution in [3.05, 3.63) is 12.3 Å². The molecule has 0 saturated carbocycles. The van der Waals surface area contributed by atoms with Crippen LogP contribution < -0.4 is 4.90 Å². The van der Waals surface area contributed by atoms with Gasteiger partial charge in [0.15, 0.2) is 5.82 Å². The maximum atomic E-state index is 11.5. The van der Waals surface area contributed by atoms with Crippen molar-refractivity contribution in [2.45, 2.75) is 0 Å². The number of carbonyl (C=O) groups excluding carboxylic acids is 1. The molecule has 1 aliphatic rings. The van der Waals surface area contributed by atoms with Gasteiger partial charge in [0.2, 0.25) is 0 Å². The molecule has 2 rings (SSSR count). The minimum absolute atomic E-state index is 0.0266. The fourth-order valence-electron chi connectivity index (χ4n) is 1.41. The van der Waals surface area contributed by atoms with Crippen LogP contribution in [0.25, 0.3) is 0 Å². The minimum atomic E-state index is 0.0266. The lowest BCUT2D eigenvalue weighted by molar-refractivity contribution is 0.229. The van der Waals surface area contributed by atoms with Crippen LogP contribution in [0.4, 0.5) is 10.6 Å². The molecule has 1 aromatic rings. The highest BCUT2D eigenvalue weighted by atomic mass is 16.2. The minimum Gasteiger partial charge on any atom is -0.326 e. The lowest BCUT2D eigenvalue weighted by Gasteiger charge is -2.12. The maximum absolute atomic E-state index is 11.5. The van der Waals surface area contributed by atoms with E-state index in [4.69, 9.17) is 0 Å². The molecule has 0 aliphatic carbocycles. The molecular formula is C8H12N4O. The number of anilines is 1. The van der Waals surface area contributed by atoms with E-state index < -0.39 is 0 Å². The van der Waals surface area contributed by atoms with E-state index in [-0.39, 0.29) is 6.03 Å². The maximum Gasteiger partial charge on any atom is 0.325 e. The zero-order valence-electron chi connectivity index (χ0n) is 7.77. The van der Waals surface area contributed by atoms with Crippen molar-refractivity contribution in [1.29, 1.82) is 0 Å². The highest BCUT2D eigenvalue weighted by molar-refractivity contribution is 5.92. The molecule has 2 amide bonds. The summed E-state index contributed by atoms with van der Waals surface area (Å²) in [6.07, 6.45) is 1.83. The van der Waals surface area contributed by atoms with Gasteiger partial charge >= 0.3 is 6.03 Å². The summed E-state index contributed by atoms with van der Waals surface area (Å²) in [5.41, 5.74) is 0. The van der Waals surface area contributed by atoms with Gasteiger partial charge in [-0.25, -0.2) is 4.79 Å². The number of hydrogen-bond donors (Lipinski definition) is 0. The van der Waals surface area contributed by atoms with Crippen molar-refractivity contribution in [3.8, 4) is 0 Å². The SMILES string of the molecule is CN1CCN(c2ccn(C)n2)C1=O. The molecule has 0 spiro atoms. The topological polar surface area (TPSA) is 41.4 Å². The predicted molar refractivity (Wildman–Crippen MR) is 48.6 cm³/mol. The van der Waals surface area contributed by atoms with Crippen LogP contribution in [-0.4, -0.2) is 40.8 Å². The summed E-state index contributed by atoms with van der Waals surface area (Å²) >= 11 is 0. The number of aromatic nitrogens is 2. The van der Waals surface area contributed by atoms with Crippen molar-refractivity contribution in [2.24, 2.45) is 7.05 Å². The Morgan fingerprint density at radius 2 is 2.15 bits per heavy atom. The van der Waals surface area contributed by atoms with Crippen LogP contribution in [0.2, 0.25) is 0 Å². The van der Waals surface area contributed by atoms with E-state index in [2.05, 4.69) is 5.10 Å². The molecule has 1 aliphatic heterocycles. The number of rotatable bonds is 1. The van der Waals surface area contributed by atoms with Crippen LogP contribution in [0.15, 0.2) is 12.3 Å². The molecule has 0 atom stereocenters. The van der Waals surface area contributed by atoms with E-state index in [1.54, 1.807) is 21.5 Å². The molecule has 1 fully saturated rings. The Balaban J connectivity index is 2.23.